The number of aromatic nitrogens is 3. The zero-order valence-corrected chi connectivity index (χ0v) is 26.6. The fraction of sp³-hybridized carbons (Fsp3) is 0.419. The van der Waals surface area contributed by atoms with Crippen molar-refractivity contribution in [1.82, 2.24) is 24.3 Å². The average molecular weight is 620 g/mol. The molecule has 2 saturated heterocycles. The number of para-hydroxylation sites is 2. The zero-order valence-electron chi connectivity index (χ0n) is 25.7. The van der Waals surface area contributed by atoms with Crippen LogP contribution in [-0.4, -0.2) is 98.5 Å². The summed E-state index contributed by atoms with van der Waals surface area (Å²) in [7, 11) is 2.32. The van der Waals surface area contributed by atoms with Crippen LogP contribution >= 0.6 is 0 Å². The Kier molecular flexibility index (Phi) is 8.52. The quantitative estimate of drug-likeness (QED) is 0.253. The van der Waals surface area contributed by atoms with Gasteiger partial charge in [0.15, 0.2) is 5.82 Å². The molecule has 12 nitrogen and oxygen atoms in total. The molecule has 0 unspecified atom stereocenters. The van der Waals surface area contributed by atoms with Gasteiger partial charge < -0.3 is 29.7 Å². The summed E-state index contributed by atoms with van der Waals surface area (Å²) in [4.78, 5) is 17.1. The van der Waals surface area contributed by atoms with Crippen LogP contribution in [0.15, 0.2) is 54.7 Å². The van der Waals surface area contributed by atoms with Crippen molar-refractivity contribution in [3.63, 3.8) is 0 Å². The smallest absolute Gasteiger partial charge is 0.229 e. The number of hydrogen-bond donors (Lipinski definition) is 3. The lowest BCUT2D eigenvalue weighted by molar-refractivity contribution is 0.0982. The SMILES string of the molecule is COc1cc(N2CCC(N3CCN(C)CC3)CC2)ccc1Nc1nc(Nc2ccccc2NS(C)(=O)=O)c2c(ccn2C)n1. The summed E-state index contributed by atoms with van der Waals surface area (Å²) >= 11 is 0. The van der Waals surface area contributed by atoms with Crippen LogP contribution in [0.25, 0.3) is 11.0 Å². The highest BCUT2D eigenvalue weighted by atomic mass is 32.2. The van der Waals surface area contributed by atoms with E-state index in [1.54, 1.807) is 25.3 Å². The number of benzene rings is 2. The summed E-state index contributed by atoms with van der Waals surface area (Å²) in [6, 6.07) is 15.9. The molecule has 2 fully saturated rings. The third kappa shape index (κ3) is 6.69. The molecule has 0 bridgehead atoms. The second-order valence-electron chi connectivity index (χ2n) is 11.7. The summed E-state index contributed by atoms with van der Waals surface area (Å²) in [5, 5.41) is 6.67. The molecule has 3 N–H and O–H groups in total. The summed E-state index contributed by atoms with van der Waals surface area (Å²) < 4.78 is 34.2. The van der Waals surface area contributed by atoms with Gasteiger partial charge in [0, 0.05) is 70.3 Å². The van der Waals surface area contributed by atoms with E-state index < -0.39 is 10.0 Å². The average Bonchev–Trinajstić information content (AvgIpc) is 3.38. The van der Waals surface area contributed by atoms with E-state index >= 15 is 0 Å². The Balaban J connectivity index is 1.21. The van der Waals surface area contributed by atoms with Crippen LogP contribution in [-0.2, 0) is 17.1 Å². The first-order valence-electron chi connectivity index (χ1n) is 15.0. The molecule has 0 saturated carbocycles. The van der Waals surface area contributed by atoms with Crippen molar-refractivity contribution in [2.45, 2.75) is 18.9 Å². The molecule has 2 aliphatic heterocycles. The van der Waals surface area contributed by atoms with E-state index in [2.05, 4.69) is 49.2 Å². The highest BCUT2D eigenvalue weighted by Gasteiger charge is 2.27. The Bertz CT molecular complexity index is 1730. The minimum absolute atomic E-state index is 0.388. The fourth-order valence-electron chi connectivity index (χ4n) is 6.12. The number of sulfonamides is 1. The zero-order chi connectivity index (χ0) is 30.8. The Hall–Kier alpha value is -4.07. The molecule has 44 heavy (non-hydrogen) atoms. The van der Waals surface area contributed by atoms with Gasteiger partial charge in [-0.05, 0) is 50.2 Å². The Morgan fingerprint density at radius 3 is 2.30 bits per heavy atom. The number of hydrogen-bond acceptors (Lipinski definition) is 10. The highest BCUT2D eigenvalue weighted by molar-refractivity contribution is 7.92. The number of anilines is 6. The molecule has 2 aromatic heterocycles. The lowest BCUT2D eigenvalue weighted by atomic mass is 10.0. The predicted molar refractivity (Wildman–Crippen MR) is 177 cm³/mol. The minimum Gasteiger partial charge on any atom is -0.494 e. The van der Waals surface area contributed by atoms with Gasteiger partial charge in [-0.15, -0.1) is 0 Å². The molecule has 2 aromatic carbocycles. The molecule has 6 rings (SSSR count). The number of rotatable bonds is 9. The monoisotopic (exact) mass is 619 g/mol. The van der Waals surface area contributed by atoms with Crippen molar-refractivity contribution in [3.05, 3.63) is 54.7 Å². The number of piperazine rings is 1. The van der Waals surface area contributed by atoms with Crippen LogP contribution in [0.2, 0.25) is 0 Å². The summed E-state index contributed by atoms with van der Waals surface area (Å²) in [6.07, 6.45) is 5.36. The topological polar surface area (TPSA) is 120 Å². The summed E-state index contributed by atoms with van der Waals surface area (Å²) in [5.74, 6) is 1.63. The second-order valence-corrected chi connectivity index (χ2v) is 13.4. The van der Waals surface area contributed by atoms with E-state index in [0.29, 0.717) is 34.9 Å². The maximum absolute atomic E-state index is 12.0. The summed E-state index contributed by atoms with van der Waals surface area (Å²) in [5.41, 5.74) is 4.41. The molecule has 234 valence electrons. The van der Waals surface area contributed by atoms with Gasteiger partial charge in [0.05, 0.1) is 35.9 Å². The number of likely N-dealkylation sites (N-methyl/N-ethyl adjacent to an activating group) is 1. The molecular weight excluding hydrogens is 578 g/mol. The van der Waals surface area contributed by atoms with Crippen LogP contribution in [0.4, 0.5) is 34.5 Å². The molecule has 0 amide bonds. The van der Waals surface area contributed by atoms with Crippen molar-refractivity contribution in [2.75, 3.05) is 79.9 Å². The van der Waals surface area contributed by atoms with E-state index in [4.69, 9.17) is 14.7 Å². The first-order valence-corrected chi connectivity index (χ1v) is 16.9. The second kappa shape index (κ2) is 12.5. The van der Waals surface area contributed by atoms with Crippen LogP contribution in [0.1, 0.15) is 12.8 Å². The predicted octanol–water partition coefficient (Wildman–Crippen LogP) is 4.05. The molecule has 2 aliphatic rings. The molecule has 4 heterocycles. The van der Waals surface area contributed by atoms with Crippen LogP contribution < -0.4 is 25.0 Å². The van der Waals surface area contributed by atoms with Crippen molar-refractivity contribution in [1.29, 1.82) is 0 Å². The van der Waals surface area contributed by atoms with E-state index in [9.17, 15) is 8.42 Å². The number of nitrogens with zero attached hydrogens (tertiary/aromatic N) is 6. The molecule has 13 heteroatoms. The molecule has 0 atom stereocenters. The molecule has 0 aliphatic carbocycles. The number of aryl methyl sites for hydroxylation is 1. The van der Waals surface area contributed by atoms with Crippen molar-refractivity contribution in [3.8, 4) is 5.75 Å². The first-order chi connectivity index (χ1) is 21.2. The first kappa shape index (κ1) is 30.0. The number of nitrogens with one attached hydrogen (secondary N) is 3. The van der Waals surface area contributed by atoms with Crippen molar-refractivity contribution in [2.24, 2.45) is 7.05 Å². The van der Waals surface area contributed by atoms with Crippen LogP contribution in [0.3, 0.4) is 0 Å². The molecule has 0 radical (unpaired) electrons. The summed E-state index contributed by atoms with van der Waals surface area (Å²) in [6.45, 7) is 6.66. The van der Waals surface area contributed by atoms with Gasteiger partial charge in [0.2, 0.25) is 16.0 Å². The number of ether oxygens (including phenoxy) is 1. The molecule has 4 aromatic rings. The third-order valence-corrected chi connectivity index (χ3v) is 9.10. The third-order valence-electron chi connectivity index (χ3n) is 8.51. The van der Waals surface area contributed by atoms with E-state index in [1.807, 2.05) is 36.0 Å². The largest absolute Gasteiger partial charge is 0.494 e. The molecular formula is C31H41N9O3S. The van der Waals surface area contributed by atoms with Gasteiger partial charge in [-0.1, -0.05) is 12.1 Å². The minimum atomic E-state index is -3.47. The number of fused-ring (bicyclic) bond motifs is 1. The lowest BCUT2D eigenvalue weighted by Crippen LogP contribution is -2.52. The van der Waals surface area contributed by atoms with Crippen molar-refractivity contribution >= 4 is 55.6 Å². The number of piperidine rings is 1. The van der Waals surface area contributed by atoms with E-state index in [1.165, 1.54) is 0 Å². The Labute approximate surface area is 259 Å². The van der Waals surface area contributed by atoms with Crippen LogP contribution in [0, 0.1) is 0 Å². The fourth-order valence-corrected chi connectivity index (χ4v) is 6.70. The van der Waals surface area contributed by atoms with Gasteiger partial charge in [-0.2, -0.15) is 4.98 Å². The Morgan fingerprint density at radius 2 is 1.59 bits per heavy atom. The highest BCUT2D eigenvalue weighted by Crippen LogP contribution is 2.35. The lowest BCUT2D eigenvalue weighted by Gasteiger charge is -2.42. The maximum atomic E-state index is 12.0. The Morgan fingerprint density at radius 1 is 0.864 bits per heavy atom. The maximum Gasteiger partial charge on any atom is 0.229 e. The van der Waals surface area contributed by atoms with Gasteiger partial charge >= 0.3 is 0 Å². The number of methoxy groups -OCH3 is 1. The van der Waals surface area contributed by atoms with Crippen LogP contribution in [0.5, 0.6) is 5.75 Å². The van der Waals surface area contributed by atoms with Gasteiger partial charge in [0.25, 0.3) is 0 Å². The van der Waals surface area contributed by atoms with Gasteiger partial charge in [0.1, 0.15) is 11.3 Å². The van der Waals surface area contributed by atoms with Gasteiger partial charge in [-0.3, -0.25) is 9.62 Å². The normalized spacial score (nSPS) is 17.1. The van der Waals surface area contributed by atoms with Crippen molar-refractivity contribution < 1.29 is 13.2 Å². The standard InChI is InChI=1S/C31H41N9O3S/c1-37-17-19-40(20-18-37)22-11-15-39(16-12-22)23-9-10-26(28(21-23)43-3)33-31-34-27-13-14-38(2)29(27)30(35-31)32-24-7-5-6-8-25(24)36-44(4,41)42/h5-10,13-14,21-22,36H,11-12,15-20H2,1-4H3,(H2,32,33,34,35). The van der Waals surface area contributed by atoms with E-state index in [-0.39, 0.29) is 0 Å². The van der Waals surface area contributed by atoms with E-state index in [0.717, 1.165) is 80.8 Å². The molecule has 0 spiro atoms. The van der Waals surface area contributed by atoms with Gasteiger partial charge in [-0.25, -0.2) is 13.4 Å².